The van der Waals surface area contributed by atoms with Crippen LogP contribution >= 0.6 is 0 Å². The summed E-state index contributed by atoms with van der Waals surface area (Å²) >= 11 is 0. The van der Waals surface area contributed by atoms with Gasteiger partial charge >= 0.3 is 0 Å². The lowest BCUT2D eigenvalue weighted by molar-refractivity contribution is -0.116. The topological polar surface area (TPSA) is 86.9 Å². The lowest BCUT2D eigenvalue weighted by Gasteiger charge is -2.06. The molecule has 0 atom stereocenters. The number of hydrogen-bond donors (Lipinski definition) is 1. The van der Waals surface area contributed by atoms with E-state index in [0.717, 1.165) is 22.2 Å². The van der Waals surface area contributed by atoms with Crippen LogP contribution in [-0.2, 0) is 22.8 Å². The Bertz CT molecular complexity index is 1180. The molecule has 1 aromatic carbocycles. The second kappa shape index (κ2) is 8.46. The van der Waals surface area contributed by atoms with E-state index < -0.39 is 0 Å². The average Bonchev–Trinajstić information content (AvgIpc) is 3.31. The van der Waals surface area contributed by atoms with Gasteiger partial charge in [-0.05, 0) is 38.0 Å². The number of pyridine rings is 1. The van der Waals surface area contributed by atoms with Gasteiger partial charge in [-0.2, -0.15) is 10.2 Å². The summed E-state index contributed by atoms with van der Waals surface area (Å²) in [6.45, 7) is 6.93. The van der Waals surface area contributed by atoms with Crippen molar-refractivity contribution in [1.82, 2.24) is 24.5 Å². The summed E-state index contributed by atoms with van der Waals surface area (Å²) < 4.78 is 8.57. The molecular formula is C22H24N6O2. The van der Waals surface area contributed by atoms with Crippen molar-refractivity contribution in [3.8, 4) is 11.1 Å². The van der Waals surface area contributed by atoms with Gasteiger partial charge in [0, 0.05) is 18.2 Å². The van der Waals surface area contributed by atoms with Gasteiger partial charge < -0.3 is 10.1 Å². The number of aromatic nitrogens is 5. The fraction of sp³-hybridized carbons (Fsp3) is 0.273. The van der Waals surface area contributed by atoms with Crippen LogP contribution in [0.25, 0.3) is 22.2 Å². The number of carbonyl (C=O) groups is 1. The minimum Gasteiger partial charge on any atom is -0.360 e. The van der Waals surface area contributed by atoms with E-state index in [9.17, 15) is 4.79 Å². The fourth-order valence-electron chi connectivity index (χ4n) is 3.39. The van der Waals surface area contributed by atoms with Crippen LogP contribution in [0.3, 0.4) is 0 Å². The molecule has 0 spiro atoms. The molecule has 0 radical (unpaired) electrons. The van der Waals surface area contributed by atoms with E-state index in [4.69, 9.17) is 4.74 Å². The number of carbonyl (C=O) groups excluding carboxylic acids is 1. The van der Waals surface area contributed by atoms with Crippen LogP contribution in [0.1, 0.15) is 18.2 Å². The number of amides is 1. The van der Waals surface area contributed by atoms with Crippen LogP contribution in [0.2, 0.25) is 0 Å². The van der Waals surface area contributed by atoms with Gasteiger partial charge in [-0.3, -0.25) is 4.79 Å². The number of rotatable bonds is 7. The molecule has 1 amide bonds. The van der Waals surface area contributed by atoms with Gasteiger partial charge in [0.2, 0.25) is 5.91 Å². The minimum atomic E-state index is -0.196. The van der Waals surface area contributed by atoms with E-state index >= 15 is 0 Å². The largest absolute Gasteiger partial charge is 0.360 e. The first kappa shape index (κ1) is 19.8. The van der Waals surface area contributed by atoms with Crippen molar-refractivity contribution in [2.45, 2.75) is 34.0 Å². The third-order valence-corrected chi connectivity index (χ3v) is 4.81. The van der Waals surface area contributed by atoms with Crippen LogP contribution < -0.4 is 5.32 Å². The zero-order valence-corrected chi connectivity index (χ0v) is 17.3. The van der Waals surface area contributed by atoms with Crippen molar-refractivity contribution in [2.75, 3.05) is 11.9 Å². The number of nitrogens with zero attached hydrogens (tertiary/aromatic N) is 5. The van der Waals surface area contributed by atoms with Crippen molar-refractivity contribution in [3.05, 3.63) is 60.2 Å². The molecule has 0 bridgehead atoms. The zero-order valence-electron chi connectivity index (χ0n) is 17.3. The molecule has 0 saturated heterocycles. The van der Waals surface area contributed by atoms with Crippen LogP contribution in [0.5, 0.6) is 0 Å². The predicted molar refractivity (Wildman–Crippen MR) is 115 cm³/mol. The highest BCUT2D eigenvalue weighted by Crippen LogP contribution is 2.30. The van der Waals surface area contributed by atoms with Gasteiger partial charge in [-0.15, -0.1) is 0 Å². The molecule has 3 heterocycles. The van der Waals surface area contributed by atoms with Crippen molar-refractivity contribution >= 4 is 22.6 Å². The third kappa shape index (κ3) is 4.08. The molecule has 0 fully saturated rings. The molecule has 0 aliphatic heterocycles. The quantitative estimate of drug-likeness (QED) is 0.509. The Hall–Kier alpha value is -3.52. The highest BCUT2D eigenvalue weighted by atomic mass is 16.5. The summed E-state index contributed by atoms with van der Waals surface area (Å²) in [6.07, 6.45) is 5.08. The van der Waals surface area contributed by atoms with E-state index in [0.29, 0.717) is 24.7 Å². The van der Waals surface area contributed by atoms with Gasteiger partial charge in [0.15, 0.2) is 5.65 Å². The Morgan fingerprint density at radius 1 is 1.17 bits per heavy atom. The van der Waals surface area contributed by atoms with Gasteiger partial charge in [0.1, 0.15) is 13.3 Å². The van der Waals surface area contributed by atoms with E-state index in [1.165, 1.54) is 5.56 Å². The summed E-state index contributed by atoms with van der Waals surface area (Å²) in [5.74, 6) is -0.196. The van der Waals surface area contributed by atoms with Crippen LogP contribution in [-0.4, -0.2) is 37.1 Å². The number of anilines is 1. The summed E-state index contributed by atoms with van der Waals surface area (Å²) in [5.41, 5.74) is 5.50. The number of ether oxygens (including phenoxy) is 1. The summed E-state index contributed by atoms with van der Waals surface area (Å²) in [4.78, 5) is 17.1. The molecule has 0 aliphatic rings. The monoisotopic (exact) mass is 404 g/mol. The lowest BCUT2D eigenvalue weighted by atomic mass is 10.0. The number of benzene rings is 1. The molecule has 154 valence electrons. The second-order valence-electron chi connectivity index (χ2n) is 7.10. The predicted octanol–water partition coefficient (Wildman–Crippen LogP) is 3.54. The van der Waals surface area contributed by atoms with Gasteiger partial charge in [0.25, 0.3) is 0 Å². The molecule has 30 heavy (non-hydrogen) atoms. The van der Waals surface area contributed by atoms with Crippen LogP contribution in [0.4, 0.5) is 5.69 Å². The number of hydrogen-bond acceptors (Lipinski definition) is 5. The highest BCUT2D eigenvalue weighted by Gasteiger charge is 2.16. The first-order chi connectivity index (χ1) is 14.5. The minimum absolute atomic E-state index is 0.0608. The number of nitrogens with one attached hydrogen (secondary N) is 1. The molecule has 3 aromatic heterocycles. The molecular weight excluding hydrogens is 380 g/mol. The Morgan fingerprint density at radius 2 is 1.97 bits per heavy atom. The summed E-state index contributed by atoms with van der Waals surface area (Å²) in [5, 5.41) is 12.5. The SMILES string of the molecule is CCOCn1cc(NC(=O)Cn2nc(C)c3c(-c4ccc(C)cc4)ccnc32)cn1. The Balaban J connectivity index is 1.56. The number of fused-ring (bicyclic) bond motifs is 1. The van der Waals surface area contributed by atoms with Gasteiger partial charge in [0.05, 0.1) is 23.8 Å². The van der Waals surface area contributed by atoms with E-state index in [2.05, 4.69) is 51.7 Å². The first-order valence-electron chi connectivity index (χ1n) is 9.84. The normalized spacial score (nSPS) is 11.2. The molecule has 8 nitrogen and oxygen atoms in total. The summed E-state index contributed by atoms with van der Waals surface area (Å²) in [6, 6.07) is 10.3. The molecule has 0 aliphatic carbocycles. The molecule has 1 N–H and O–H groups in total. The fourth-order valence-corrected chi connectivity index (χ4v) is 3.39. The van der Waals surface area contributed by atoms with Crippen LogP contribution in [0.15, 0.2) is 48.9 Å². The second-order valence-corrected chi connectivity index (χ2v) is 7.10. The number of aryl methyl sites for hydroxylation is 2. The van der Waals surface area contributed by atoms with E-state index in [1.807, 2.05) is 19.9 Å². The third-order valence-electron chi connectivity index (χ3n) is 4.81. The average molecular weight is 404 g/mol. The van der Waals surface area contributed by atoms with Crippen molar-refractivity contribution in [1.29, 1.82) is 0 Å². The first-order valence-corrected chi connectivity index (χ1v) is 9.84. The maximum absolute atomic E-state index is 12.6. The van der Waals surface area contributed by atoms with Crippen molar-refractivity contribution in [3.63, 3.8) is 0 Å². The molecule has 4 rings (SSSR count). The van der Waals surface area contributed by atoms with Gasteiger partial charge in [-0.25, -0.2) is 14.3 Å². The standard InChI is InChI=1S/C22H24N6O2/c1-4-30-14-27-12-18(11-24-27)25-20(29)13-28-22-21(16(3)26-28)19(9-10-23-22)17-7-5-15(2)6-8-17/h5-12H,4,13-14H2,1-3H3,(H,25,29). The molecule has 4 aromatic rings. The van der Waals surface area contributed by atoms with Crippen molar-refractivity contribution < 1.29 is 9.53 Å². The molecule has 8 heteroatoms. The lowest BCUT2D eigenvalue weighted by Crippen LogP contribution is -2.19. The smallest absolute Gasteiger partial charge is 0.246 e. The van der Waals surface area contributed by atoms with Crippen LogP contribution in [0, 0.1) is 13.8 Å². The van der Waals surface area contributed by atoms with E-state index in [1.54, 1.807) is 28.0 Å². The van der Waals surface area contributed by atoms with E-state index in [-0.39, 0.29) is 12.5 Å². The van der Waals surface area contributed by atoms with Crippen molar-refractivity contribution in [2.24, 2.45) is 0 Å². The Morgan fingerprint density at radius 3 is 2.73 bits per heavy atom. The highest BCUT2D eigenvalue weighted by molar-refractivity contribution is 5.96. The maximum Gasteiger partial charge on any atom is 0.246 e. The summed E-state index contributed by atoms with van der Waals surface area (Å²) in [7, 11) is 0. The van der Waals surface area contributed by atoms with Gasteiger partial charge in [-0.1, -0.05) is 29.8 Å². The zero-order chi connectivity index (χ0) is 21.1. The molecule has 0 unspecified atom stereocenters. The Kier molecular flexibility index (Phi) is 5.58. The maximum atomic E-state index is 12.6. The molecule has 0 saturated carbocycles. The Labute approximate surface area is 174 Å².